The molecule has 1 aliphatic carbocycles. The van der Waals surface area contributed by atoms with Crippen LogP contribution in [0.3, 0.4) is 0 Å². The molecule has 3 aromatic carbocycles. The summed E-state index contributed by atoms with van der Waals surface area (Å²) in [6.07, 6.45) is 0.00174. The molecule has 0 saturated heterocycles. The molecular formula is C21H13NO4. The molecular weight excluding hydrogens is 330 g/mol. The summed E-state index contributed by atoms with van der Waals surface area (Å²) in [5, 5.41) is 10.9. The van der Waals surface area contributed by atoms with Crippen LogP contribution >= 0.6 is 0 Å². The number of nitro benzene ring substituents is 1. The number of carbonyl (C=O) groups is 2. The number of hydrogen-bond donors (Lipinski definition) is 0. The van der Waals surface area contributed by atoms with E-state index in [0.717, 1.165) is 11.1 Å². The third-order valence-electron chi connectivity index (χ3n) is 4.54. The first-order valence-electron chi connectivity index (χ1n) is 8.10. The van der Waals surface area contributed by atoms with Gasteiger partial charge in [0.1, 0.15) is 0 Å². The van der Waals surface area contributed by atoms with Gasteiger partial charge in [-0.15, -0.1) is 0 Å². The van der Waals surface area contributed by atoms with Crippen LogP contribution in [0.2, 0.25) is 0 Å². The Morgan fingerprint density at radius 3 is 2.35 bits per heavy atom. The number of nitrogens with zero attached hydrogens (tertiary/aromatic N) is 1. The summed E-state index contributed by atoms with van der Waals surface area (Å²) in [5.41, 5.74) is 3.45. The summed E-state index contributed by atoms with van der Waals surface area (Å²) >= 11 is 0. The monoisotopic (exact) mass is 343 g/mol. The van der Waals surface area contributed by atoms with Crippen molar-refractivity contribution in [1.29, 1.82) is 0 Å². The largest absolute Gasteiger partial charge is 0.294 e. The number of ketones is 2. The summed E-state index contributed by atoms with van der Waals surface area (Å²) in [7, 11) is 0. The Morgan fingerprint density at radius 2 is 1.58 bits per heavy atom. The fourth-order valence-corrected chi connectivity index (χ4v) is 3.37. The lowest BCUT2D eigenvalue weighted by Crippen LogP contribution is -2.10. The maximum absolute atomic E-state index is 12.8. The first kappa shape index (κ1) is 15.9. The van der Waals surface area contributed by atoms with Gasteiger partial charge in [-0.1, -0.05) is 54.6 Å². The highest BCUT2D eigenvalue weighted by Crippen LogP contribution is 2.38. The quantitative estimate of drug-likeness (QED) is 0.315. The van der Waals surface area contributed by atoms with E-state index in [1.165, 1.54) is 12.1 Å². The standard InChI is InChI=1S/C21H13NO4/c23-19(12-13-5-3-6-14(11-13)22(25)26)18-10-4-9-16-15-7-1-2-8-17(15)21(24)20(16)18/h1-11H,12H2. The van der Waals surface area contributed by atoms with Gasteiger partial charge >= 0.3 is 0 Å². The average molecular weight is 343 g/mol. The number of carbonyl (C=O) groups excluding carboxylic acids is 2. The zero-order valence-corrected chi connectivity index (χ0v) is 13.6. The van der Waals surface area contributed by atoms with Crippen molar-refractivity contribution in [3.63, 3.8) is 0 Å². The predicted octanol–water partition coefficient (Wildman–Crippen LogP) is 4.23. The van der Waals surface area contributed by atoms with Gasteiger partial charge in [0.05, 0.1) is 4.92 Å². The molecule has 0 N–H and O–H groups in total. The third-order valence-corrected chi connectivity index (χ3v) is 4.54. The highest BCUT2D eigenvalue weighted by Gasteiger charge is 2.30. The number of non-ortho nitro benzene ring substituents is 1. The van der Waals surface area contributed by atoms with Crippen molar-refractivity contribution in [1.82, 2.24) is 0 Å². The van der Waals surface area contributed by atoms with Crippen LogP contribution in [-0.4, -0.2) is 16.5 Å². The second-order valence-electron chi connectivity index (χ2n) is 6.13. The van der Waals surface area contributed by atoms with Gasteiger partial charge in [0.25, 0.3) is 5.69 Å². The number of benzene rings is 3. The van der Waals surface area contributed by atoms with E-state index in [2.05, 4.69) is 0 Å². The lowest BCUT2D eigenvalue weighted by Gasteiger charge is -2.07. The molecule has 5 heteroatoms. The van der Waals surface area contributed by atoms with Gasteiger partial charge in [0.15, 0.2) is 11.6 Å². The van der Waals surface area contributed by atoms with E-state index >= 15 is 0 Å². The molecule has 0 heterocycles. The Bertz CT molecular complexity index is 1080. The molecule has 5 nitrogen and oxygen atoms in total. The normalized spacial score (nSPS) is 11.8. The first-order valence-corrected chi connectivity index (χ1v) is 8.10. The average Bonchev–Trinajstić information content (AvgIpc) is 2.95. The van der Waals surface area contributed by atoms with Crippen LogP contribution in [0, 0.1) is 10.1 Å². The van der Waals surface area contributed by atoms with Crippen molar-refractivity contribution in [2.75, 3.05) is 0 Å². The van der Waals surface area contributed by atoms with Crippen molar-refractivity contribution in [3.8, 4) is 11.1 Å². The highest BCUT2D eigenvalue weighted by atomic mass is 16.6. The zero-order valence-electron chi connectivity index (χ0n) is 13.6. The number of nitro groups is 1. The number of fused-ring (bicyclic) bond motifs is 3. The second-order valence-corrected chi connectivity index (χ2v) is 6.13. The summed E-state index contributed by atoms with van der Waals surface area (Å²) in [5.74, 6) is -0.387. The molecule has 0 fully saturated rings. The molecule has 0 unspecified atom stereocenters. The van der Waals surface area contributed by atoms with Crippen molar-refractivity contribution in [3.05, 3.63) is 99.1 Å². The van der Waals surface area contributed by atoms with Gasteiger partial charge in [0, 0.05) is 35.2 Å². The Labute approximate surface area is 149 Å². The minimum atomic E-state index is -0.492. The molecule has 0 bridgehead atoms. The number of hydrogen-bond acceptors (Lipinski definition) is 4. The fourth-order valence-electron chi connectivity index (χ4n) is 3.37. The van der Waals surface area contributed by atoms with E-state index in [-0.39, 0.29) is 23.7 Å². The molecule has 0 amide bonds. The van der Waals surface area contributed by atoms with E-state index in [4.69, 9.17) is 0 Å². The molecule has 4 rings (SSSR count). The van der Waals surface area contributed by atoms with Crippen molar-refractivity contribution in [2.24, 2.45) is 0 Å². The van der Waals surface area contributed by atoms with Crippen molar-refractivity contribution >= 4 is 17.3 Å². The van der Waals surface area contributed by atoms with Crippen LogP contribution in [0.5, 0.6) is 0 Å². The molecule has 3 aromatic rings. The first-order chi connectivity index (χ1) is 12.6. The smallest absolute Gasteiger partial charge is 0.269 e. The van der Waals surface area contributed by atoms with E-state index in [9.17, 15) is 19.7 Å². The van der Waals surface area contributed by atoms with Crippen LogP contribution in [0.25, 0.3) is 11.1 Å². The maximum atomic E-state index is 12.8. The SMILES string of the molecule is O=C(Cc1cccc([N+](=O)[O-])c1)c1cccc2c1C(=O)c1ccccc1-2. The molecule has 0 spiro atoms. The third kappa shape index (κ3) is 2.50. The van der Waals surface area contributed by atoms with E-state index in [0.29, 0.717) is 22.3 Å². The van der Waals surface area contributed by atoms with E-state index < -0.39 is 4.92 Å². The van der Waals surface area contributed by atoms with Crippen LogP contribution < -0.4 is 0 Å². The van der Waals surface area contributed by atoms with Crippen LogP contribution in [0.4, 0.5) is 5.69 Å². The molecule has 0 atom stereocenters. The van der Waals surface area contributed by atoms with Gasteiger partial charge < -0.3 is 0 Å². The summed E-state index contributed by atoms with van der Waals surface area (Å²) < 4.78 is 0. The Kier molecular flexibility index (Phi) is 3.69. The molecule has 1 aliphatic rings. The van der Waals surface area contributed by atoms with E-state index in [1.807, 2.05) is 18.2 Å². The van der Waals surface area contributed by atoms with Crippen LogP contribution in [-0.2, 0) is 6.42 Å². The van der Waals surface area contributed by atoms with Gasteiger partial charge in [-0.25, -0.2) is 0 Å². The molecule has 0 aromatic heterocycles. The lowest BCUT2D eigenvalue weighted by molar-refractivity contribution is -0.384. The van der Waals surface area contributed by atoms with Crippen molar-refractivity contribution in [2.45, 2.75) is 6.42 Å². The molecule has 0 saturated carbocycles. The minimum absolute atomic E-state index is 0.00174. The highest BCUT2D eigenvalue weighted by molar-refractivity contribution is 6.26. The fraction of sp³-hybridized carbons (Fsp3) is 0.0476. The van der Waals surface area contributed by atoms with Crippen LogP contribution in [0.15, 0.2) is 66.7 Å². The summed E-state index contributed by atoms with van der Waals surface area (Å²) in [4.78, 5) is 36.0. The number of Topliss-reactive ketones (excluding diaryl/α,β-unsaturated/α-hetero) is 1. The lowest BCUT2D eigenvalue weighted by atomic mass is 9.94. The van der Waals surface area contributed by atoms with E-state index in [1.54, 1.807) is 36.4 Å². The maximum Gasteiger partial charge on any atom is 0.269 e. The Hall–Kier alpha value is -3.60. The van der Waals surface area contributed by atoms with Gasteiger partial charge in [-0.3, -0.25) is 19.7 Å². The second kappa shape index (κ2) is 6.04. The minimum Gasteiger partial charge on any atom is -0.294 e. The molecule has 26 heavy (non-hydrogen) atoms. The molecule has 0 aliphatic heterocycles. The van der Waals surface area contributed by atoms with Gasteiger partial charge in [0.2, 0.25) is 0 Å². The molecule has 0 radical (unpaired) electrons. The van der Waals surface area contributed by atoms with Crippen LogP contribution in [0.1, 0.15) is 31.8 Å². The summed E-state index contributed by atoms with van der Waals surface area (Å²) in [6, 6.07) is 18.5. The molecule has 126 valence electrons. The summed E-state index contributed by atoms with van der Waals surface area (Å²) in [6.45, 7) is 0. The van der Waals surface area contributed by atoms with Crippen molar-refractivity contribution < 1.29 is 14.5 Å². The van der Waals surface area contributed by atoms with Gasteiger partial charge in [-0.05, 0) is 16.7 Å². The topological polar surface area (TPSA) is 77.3 Å². The van der Waals surface area contributed by atoms with Gasteiger partial charge in [-0.2, -0.15) is 0 Å². The zero-order chi connectivity index (χ0) is 18.3. The Balaban J connectivity index is 1.72. The predicted molar refractivity (Wildman–Crippen MR) is 96.4 cm³/mol. The number of rotatable bonds is 4. The Morgan fingerprint density at radius 1 is 0.885 bits per heavy atom.